The molecule has 0 fully saturated rings. The number of halogens is 1. The van der Waals surface area contributed by atoms with Crippen molar-refractivity contribution >= 4 is 10.8 Å². The maximum Gasteiger partial charge on any atom is 0.124 e. The van der Waals surface area contributed by atoms with Gasteiger partial charge in [0, 0.05) is 16.7 Å². The summed E-state index contributed by atoms with van der Waals surface area (Å²) in [5.41, 5.74) is 0. The summed E-state index contributed by atoms with van der Waals surface area (Å²) >= 11 is 0. The predicted molar refractivity (Wildman–Crippen MR) is 56.2 cm³/mol. The van der Waals surface area contributed by atoms with Crippen molar-refractivity contribution in [2.45, 2.75) is 17.9 Å². The zero-order valence-electron chi connectivity index (χ0n) is 8.29. The van der Waals surface area contributed by atoms with E-state index in [1.54, 1.807) is 12.1 Å². The van der Waals surface area contributed by atoms with Crippen molar-refractivity contribution in [3.63, 3.8) is 0 Å². The maximum atomic E-state index is 12.8. The zero-order chi connectivity index (χ0) is 10.6. The Hall–Kier alpha value is -0.740. The smallest absolute Gasteiger partial charge is 0.124 e. The van der Waals surface area contributed by atoms with Crippen LogP contribution in [0.5, 0.6) is 0 Å². The summed E-state index contributed by atoms with van der Waals surface area (Å²) in [5, 5.41) is 2.99. The molecule has 78 valence electrons. The first-order valence-electron chi connectivity index (χ1n) is 4.44. The van der Waals surface area contributed by atoms with Crippen LogP contribution in [0.4, 0.5) is 4.39 Å². The van der Waals surface area contributed by atoms with E-state index in [1.807, 2.05) is 14.0 Å². The highest BCUT2D eigenvalue weighted by Gasteiger charge is 2.08. The lowest BCUT2D eigenvalue weighted by Gasteiger charge is -2.09. The van der Waals surface area contributed by atoms with Crippen molar-refractivity contribution < 1.29 is 8.60 Å². The number of hydrogen-bond acceptors (Lipinski definition) is 2. The lowest BCUT2D eigenvalue weighted by Crippen LogP contribution is -2.27. The summed E-state index contributed by atoms with van der Waals surface area (Å²) in [7, 11) is 0.687. The molecule has 0 saturated carbocycles. The lowest BCUT2D eigenvalue weighted by molar-refractivity contribution is 0.620. The van der Waals surface area contributed by atoms with E-state index in [0.29, 0.717) is 10.6 Å². The van der Waals surface area contributed by atoms with Gasteiger partial charge < -0.3 is 5.32 Å². The number of benzene rings is 1. The number of rotatable bonds is 4. The van der Waals surface area contributed by atoms with Crippen LogP contribution in [0.2, 0.25) is 0 Å². The van der Waals surface area contributed by atoms with Gasteiger partial charge in [0.1, 0.15) is 5.82 Å². The van der Waals surface area contributed by atoms with Gasteiger partial charge in [-0.15, -0.1) is 0 Å². The molecular weight excluding hydrogens is 201 g/mol. The molecule has 2 nitrogen and oxygen atoms in total. The van der Waals surface area contributed by atoms with Gasteiger partial charge in [0.2, 0.25) is 0 Å². The quantitative estimate of drug-likeness (QED) is 0.825. The largest absolute Gasteiger partial charge is 0.316 e. The van der Waals surface area contributed by atoms with E-state index in [4.69, 9.17) is 0 Å². The SMILES string of the molecule is CNC(C)CS(=O)c1cccc(F)c1. The average molecular weight is 215 g/mol. The Morgan fingerprint density at radius 2 is 2.29 bits per heavy atom. The van der Waals surface area contributed by atoms with Gasteiger partial charge in [-0.1, -0.05) is 6.07 Å². The van der Waals surface area contributed by atoms with E-state index in [9.17, 15) is 8.60 Å². The Morgan fingerprint density at radius 1 is 1.57 bits per heavy atom. The van der Waals surface area contributed by atoms with Crippen LogP contribution in [0.3, 0.4) is 0 Å². The topological polar surface area (TPSA) is 29.1 Å². The normalized spacial score (nSPS) is 15.1. The molecule has 1 N–H and O–H groups in total. The van der Waals surface area contributed by atoms with Gasteiger partial charge in [0.05, 0.1) is 10.8 Å². The molecule has 0 aliphatic rings. The fourth-order valence-corrected chi connectivity index (χ4v) is 2.30. The third-order valence-electron chi connectivity index (χ3n) is 1.95. The summed E-state index contributed by atoms with van der Waals surface area (Å²) in [5.74, 6) is 0.160. The van der Waals surface area contributed by atoms with Crippen molar-refractivity contribution in [1.29, 1.82) is 0 Å². The summed E-state index contributed by atoms with van der Waals surface area (Å²) < 4.78 is 24.5. The van der Waals surface area contributed by atoms with Crippen molar-refractivity contribution in [1.82, 2.24) is 5.32 Å². The van der Waals surface area contributed by atoms with Crippen LogP contribution in [0, 0.1) is 5.82 Å². The standard InChI is InChI=1S/C10H14FNOS/c1-8(12-2)7-14(13)10-5-3-4-9(11)6-10/h3-6,8,12H,7H2,1-2H3. The van der Waals surface area contributed by atoms with Crippen LogP contribution in [0.1, 0.15) is 6.92 Å². The maximum absolute atomic E-state index is 12.8. The van der Waals surface area contributed by atoms with E-state index in [1.165, 1.54) is 12.1 Å². The molecule has 0 aliphatic heterocycles. The minimum absolute atomic E-state index is 0.166. The molecule has 0 aromatic heterocycles. The molecule has 1 aromatic carbocycles. The Labute approximate surface area is 86.0 Å². The highest BCUT2D eigenvalue weighted by molar-refractivity contribution is 7.85. The molecule has 0 amide bonds. The molecular formula is C10H14FNOS. The Bertz CT molecular complexity index is 330. The van der Waals surface area contributed by atoms with Crippen LogP contribution in [0.15, 0.2) is 29.2 Å². The predicted octanol–water partition coefficient (Wildman–Crippen LogP) is 1.54. The third kappa shape index (κ3) is 3.20. The first kappa shape index (κ1) is 11.3. The van der Waals surface area contributed by atoms with Gasteiger partial charge >= 0.3 is 0 Å². The Balaban J connectivity index is 2.70. The molecule has 0 heterocycles. The van der Waals surface area contributed by atoms with Crippen LogP contribution in [0.25, 0.3) is 0 Å². The Morgan fingerprint density at radius 3 is 2.86 bits per heavy atom. The fourth-order valence-electron chi connectivity index (χ4n) is 1.02. The van der Waals surface area contributed by atoms with E-state index in [0.717, 1.165) is 0 Å². The number of nitrogens with one attached hydrogen (secondary N) is 1. The summed E-state index contributed by atoms with van der Waals surface area (Å²) in [6.45, 7) is 1.94. The lowest BCUT2D eigenvalue weighted by atomic mass is 10.3. The summed E-state index contributed by atoms with van der Waals surface area (Å²) in [4.78, 5) is 0.548. The molecule has 0 spiro atoms. The zero-order valence-corrected chi connectivity index (χ0v) is 9.10. The van der Waals surface area contributed by atoms with Crippen molar-refractivity contribution in [2.24, 2.45) is 0 Å². The molecule has 0 aliphatic carbocycles. The molecule has 2 atom stereocenters. The van der Waals surface area contributed by atoms with E-state index in [2.05, 4.69) is 5.32 Å². The van der Waals surface area contributed by atoms with Gasteiger partial charge in [-0.2, -0.15) is 0 Å². The average Bonchev–Trinajstić information content (AvgIpc) is 2.17. The van der Waals surface area contributed by atoms with Crippen LogP contribution < -0.4 is 5.32 Å². The first-order chi connectivity index (χ1) is 6.63. The van der Waals surface area contributed by atoms with Crippen molar-refractivity contribution in [3.8, 4) is 0 Å². The van der Waals surface area contributed by atoms with Crippen LogP contribution in [-0.4, -0.2) is 23.1 Å². The molecule has 4 heteroatoms. The molecule has 0 radical (unpaired) electrons. The van der Waals surface area contributed by atoms with Gasteiger partial charge in [-0.05, 0) is 32.2 Å². The van der Waals surface area contributed by atoms with Crippen molar-refractivity contribution in [2.75, 3.05) is 12.8 Å². The second-order valence-corrected chi connectivity index (χ2v) is 4.66. The van der Waals surface area contributed by atoms with E-state index < -0.39 is 10.8 Å². The minimum Gasteiger partial charge on any atom is -0.316 e. The van der Waals surface area contributed by atoms with Crippen LogP contribution >= 0.6 is 0 Å². The summed E-state index contributed by atoms with van der Waals surface area (Å²) in [6.07, 6.45) is 0. The van der Waals surface area contributed by atoms with Gasteiger partial charge in [0.15, 0.2) is 0 Å². The monoisotopic (exact) mass is 215 g/mol. The highest BCUT2D eigenvalue weighted by Crippen LogP contribution is 2.09. The van der Waals surface area contributed by atoms with Gasteiger partial charge in [0.25, 0.3) is 0 Å². The van der Waals surface area contributed by atoms with Crippen molar-refractivity contribution in [3.05, 3.63) is 30.1 Å². The van der Waals surface area contributed by atoms with Crippen LogP contribution in [-0.2, 0) is 10.8 Å². The molecule has 1 aromatic rings. The molecule has 0 bridgehead atoms. The van der Waals surface area contributed by atoms with Gasteiger partial charge in [-0.3, -0.25) is 4.21 Å². The molecule has 1 rings (SSSR count). The summed E-state index contributed by atoms with van der Waals surface area (Å²) in [6, 6.07) is 6.09. The highest BCUT2D eigenvalue weighted by atomic mass is 32.2. The van der Waals surface area contributed by atoms with E-state index in [-0.39, 0.29) is 11.9 Å². The molecule has 2 unspecified atom stereocenters. The van der Waals surface area contributed by atoms with E-state index >= 15 is 0 Å². The number of hydrogen-bond donors (Lipinski definition) is 1. The second-order valence-electron chi connectivity index (χ2n) is 3.16. The van der Waals surface area contributed by atoms with Gasteiger partial charge in [-0.25, -0.2) is 4.39 Å². The first-order valence-corrected chi connectivity index (χ1v) is 5.76. The minimum atomic E-state index is -1.13. The molecule has 14 heavy (non-hydrogen) atoms. The molecule has 0 saturated heterocycles. The third-order valence-corrected chi connectivity index (χ3v) is 3.54. The second kappa shape index (κ2) is 5.22. The Kier molecular flexibility index (Phi) is 4.22. The fraction of sp³-hybridized carbons (Fsp3) is 0.400.